The number of hydrogen-bond acceptors (Lipinski definition) is 4. The van der Waals surface area contributed by atoms with Crippen molar-refractivity contribution in [3.8, 4) is 0 Å². The Morgan fingerprint density at radius 3 is 2.25 bits per heavy atom. The lowest BCUT2D eigenvalue weighted by atomic mass is 9.92. The second-order valence-corrected chi connectivity index (χ2v) is 9.11. The molecule has 0 aromatic heterocycles. The molecule has 1 aliphatic heterocycles. The summed E-state index contributed by atoms with van der Waals surface area (Å²) in [4.78, 5) is 26.3. The van der Waals surface area contributed by atoms with Gasteiger partial charge in [0.05, 0.1) is 10.6 Å². The van der Waals surface area contributed by atoms with Gasteiger partial charge in [0.2, 0.25) is 0 Å². The molecular formula is C20H21FN2O4S. The standard InChI is InChI=1S/C20H21FN2O4S/c1-14-4-10-17(11-5-14)28(26,27)13-3-12-23-18(24)20(2,22-19(23)25)15-6-8-16(21)9-7-15/h4-11H,3,12-13H2,1-2H3,(H,22,25). The molecule has 3 rings (SSSR count). The Morgan fingerprint density at radius 1 is 1.04 bits per heavy atom. The molecule has 0 spiro atoms. The lowest BCUT2D eigenvalue weighted by Crippen LogP contribution is -2.41. The Kier molecular flexibility index (Phi) is 5.25. The van der Waals surface area contributed by atoms with Gasteiger partial charge in [-0.05, 0) is 50.1 Å². The zero-order valence-electron chi connectivity index (χ0n) is 15.6. The second-order valence-electron chi connectivity index (χ2n) is 7.00. The van der Waals surface area contributed by atoms with Crippen LogP contribution in [0.5, 0.6) is 0 Å². The van der Waals surface area contributed by atoms with E-state index in [1.165, 1.54) is 24.3 Å². The number of hydrogen-bond donors (Lipinski definition) is 1. The number of rotatable bonds is 6. The first kappa shape index (κ1) is 20.0. The average Bonchev–Trinajstić information content (AvgIpc) is 2.86. The molecule has 1 fully saturated rings. The minimum atomic E-state index is -3.50. The molecule has 6 nitrogen and oxygen atoms in total. The number of nitrogens with one attached hydrogen (secondary N) is 1. The quantitative estimate of drug-likeness (QED) is 0.751. The molecule has 1 aliphatic rings. The lowest BCUT2D eigenvalue weighted by Gasteiger charge is -2.22. The van der Waals surface area contributed by atoms with Crippen molar-refractivity contribution in [3.63, 3.8) is 0 Å². The van der Waals surface area contributed by atoms with Crippen LogP contribution in [0.3, 0.4) is 0 Å². The average molecular weight is 404 g/mol. The molecule has 3 amide bonds. The van der Waals surface area contributed by atoms with E-state index >= 15 is 0 Å². The molecule has 2 aromatic carbocycles. The van der Waals surface area contributed by atoms with E-state index in [1.807, 2.05) is 6.92 Å². The molecule has 28 heavy (non-hydrogen) atoms. The highest BCUT2D eigenvalue weighted by Gasteiger charge is 2.48. The fraction of sp³-hybridized carbons (Fsp3) is 0.300. The molecule has 1 heterocycles. The fourth-order valence-corrected chi connectivity index (χ4v) is 4.45. The Morgan fingerprint density at radius 2 is 1.64 bits per heavy atom. The molecule has 2 aromatic rings. The number of carbonyl (C=O) groups excluding carboxylic acids is 2. The van der Waals surface area contributed by atoms with Crippen LogP contribution in [0.2, 0.25) is 0 Å². The predicted octanol–water partition coefficient (Wildman–Crippen LogP) is 2.77. The van der Waals surface area contributed by atoms with Gasteiger partial charge in [-0.1, -0.05) is 29.8 Å². The molecule has 0 saturated carbocycles. The van der Waals surface area contributed by atoms with Gasteiger partial charge < -0.3 is 5.32 Å². The van der Waals surface area contributed by atoms with Gasteiger partial charge in [-0.3, -0.25) is 9.69 Å². The van der Waals surface area contributed by atoms with Gasteiger partial charge in [0.15, 0.2) is 9.84 Å². The zero-order chi connectivity index (χ0) is 20.5. The van der Waals surface area contributed by atoms with Crippen LogP contribution in [0, 0.1) is 12.7 Å². The van der Waals surface area contributed by atoms with Crippen molar-refractivity contribution in [3.05, 3.63) is 65.5 Å². The summed E-state index contributed by atoms with van der Waals surface area (Å²) in [5.74, 6) is -1.11. The van der Waals surface area contributed by atoms with Crippen LogP contribution in [0.15, 0.2) is 53.4 Å². The number of halogens is 1. The number of aryl methyl sites for hydroxylation is 1. The van der Waals surface area contributed by atoms with Crippen LogP contribution in [0.25, 0.3) is 0 Å². The third kappa shape index (κ3) is 3.77. The number of benzene rings is 2. The van der Waals surface area contributed by atoms with Crippen molar-refractivity contribution in [2.24, 2.45) is 0 Å². The van der Waals surface area contributed by atoms with E-state index in [-0.39, 0.29) is 23.6 Å². The van der Waals surface area contributed by atoms with Crippen molar-refractivity contribution in [2.75, 3.05) is 12.3 Å². The van der Waals surface area contributed by atoms with Crippen LogP contribution in [0.1, 0.15) is 24.5 Å². The highest BCUT2D eigenvalue weighted by molar-refractivity contribution is 7.91. The normalized spacial score (nSPS) is 19.8. The number of amides is 3. The summed E-state index contributed by atoms with van der Waals surface area (Å²) in [6.07, 6.45) is 0.120. The highest BCUT2D eigenvalue weighted by atomic mass is 32.2. The van der Waals surface area contributed by atoms with Crippen LogP contribution < -0.4 is 5.32 Å². The minimum absolute atomic E-state index is 0.0213. The molecule has 148 valence electrons. The maximum absolute atomic E-state index is 13.1. The molecule has 0 radical (unpaired) electrons. The summed E-state index contributed by atoms with van der Waals surface area (Å²) >= 11 is 0. The molecule has 0 bridgehead atoms. The van der Waals surface area contributed by atoms with E-state index in [1.54, 1.807) is 31.2 Å². The third-order valence-corrected chi connectivity index (χ3v) is 6.69. The Labute approximate surface area is 163 Å². The molecule has 1 N–H and O–H groups in total. The van der Waals surface area contributed by atoms with E-state index in [0.717, 1.165) is 10.5 Å². The van der Waals surface area contributed by atoms with Gasteiger partial charge >= 0.3 is 6.03 Å². The van der Waals surface area contributed by atoms with Crippen molar-refractivity contribution in [1.82, 2.24) is 10.2 Å². The maximum Gasteiger partial charge on any atom is 0.325 e. The smallest absolute Gasteiger partial charge is 0.319 e. The molecule has 1 unspecified atom stereocenters. The van der Waals surface area contributed by atoms with Gasteiger partial charge in [0, 0.05) is 6.54 Å². The number of imide groups is 1. The molecule has 8 heteroatoms. The highest BCUT2D eigenvalue weighted by Crippen LogP contribution is 2.29. The lowest BCUT2D eigenvalue weighted by molar-refractivity contribution is -0.131. The summed E-state index contributed by atoms with van der Waals surface area (Å²) in [6, 6.07) is 11.3. The van der Waals surface area contributed by atoms with E-state index in [0.29, 0.717) is 5.56 Å². The summed E-state index contributed by atoms with van der Waals surface area (Å²) < 4.78 is 38.0. The first-order valence-corrected chi connectivity index (χ1v) is 10.5. The predicted molar refractivity (Wildman–Crippen MR) is 102 cm³/mol. The van der Waals surface area contributed by atoms with Crippen molar-refractivity contribution in [2.45, 2.75) is 30.7 Å². The molecule has 1 saturated heterocycles. The van der Waals surface area contributed by atoms with E-state index in [2.05, 4.69) is 5.32 Å². The monoisotopic (exact) mass is 404 g/mol. The van der Waals surface area contributed by atoms with Gasteiger partial charge in [-0.2, -0.15) is 0 Å². The van der Waals surface area contributed by atoms with E-state index < -0.39 is 33.1 Å². The summed E-state index contributed by atoms with van der Waals surface area (Å²) in [5, 5.41) is 2.62. The zero-order valence-corrected chi connectivity index (χ0v) is 16.4. The Balaban J connectivity index is 1.68. The minimum Gasteiger partial charge on any atom is -0.319 e. The number of nitrogens with zero attached hydrogens (tertiary/aromatic N) is 1. The molecule has 0 aliphatic carbocycles. The number of carbonyl (C=O) groups is 2. The van der Waals surface area contributed by atoms with Crippen LogP contribution in [-0.2, 0) is 20.2 Å². The van der Waals surface area contributed by atoms with Crippen molar-refractivity contribution < 1.29 is 22.4 Å². The van der Waals surface area contributed by atoms with Gasteiger partial charge in [0.1, 0.15) is 11.4 Å². The van der Waals surface area contributed by atoms with Crippen molar-refractivity contribution in [1.29, 1.82) is 0 Å². The summed E-state index contributed by atoms with van der Waals surface area (Å²) in [6.45, 7) is 3.39. The topological polar surface area (TPSA) is 83.6 Å². The first-order chi connectivity index (χ1) is 13.1. The van der Waals surface area contributed by atoms with Crippen LogP contribution in [-0.4, -0.2) is 37.6 Å². The molecular weight excluding hydrogens is 383 g/mol. The SMILES string of the molecule is Cc1ccc(S(=O)(=O)CCCN2C(=O)NC(C)(c3ccc(F)cc3)C2=O)cc1. The second kappa shape index (κ2) is 7.35. The molecule has 1 atom stereocenters. The number of urea groups is 1. The largest absolute Gasteiger partial charge is 0.325 e. The summed E-state index contributed by atoms with van der Waals surface area (Å²) in [5.41, 5.74) is 0.112. The van der Waals surface area contributed by atoms with Gasteiger partial charge in [0.25, 0.3) is 5.91 Å². The fourth-order valence-electron chi connectivity index (χ4n) is 3.16. The summed E-state index contributed by atoms with van der Waals surface area (Å²) in [7, 11) is -3.50. The van der Waals surface area contributed by atoms with E-state index in [9.17, 15) is 22.4 Å². The Bertz CT molecular complexity index is 1000. The van der Waals surface area contributed by atoms with Crippen LogP contribution >= 0.6 is 0 Å². The van der Waals surface area contributed by atoms with E-state index in [4.69, 9.17) is 0 Å². The number of sulfone groups is 1. The van der Waals surface area contributed by atoms with Gasteiger partial charge in [-0.25, -0.2) is 17.6 Å². The third-order valence-electron chi connectivity index (χ3n) is 4.87. The van der Waals surface area contributed by atoms with Crippen LogP contribution in [0.4, 0.5) is 9.18 Å². The Hall–Kier alpha value is -2.74. The van der Waals surface area contributed by atoms with Gasteiger partial charge in [-0.15, -0.1) is 0 Å². The first-order valence-electron chi connectivity index (χ1n) is 8.83. The maximum atomic E-state index is 13.1. The van der Waals surface area contributed by atoms with Crippen molar-refractivity contribution >= 4 is 21.8 Å².